The largest absolute Gasteiger partial charge is 0.378 e. The van der Waals surface area contributed by atoms with Gasteiger partial charge in [0.2, 0.25) is 0 Å². The first-order valence-corrected chi connectivity index (χ1v) is 7.44. The maximum Gasteiger partial charge on any atom is 0.291 e. The van der Waals surface area contributed by atoms with Crippen molar-refractivity contribution in [2.24, 2.45) is 5.10 Å². The molecule has 0 spiro atoms. The van der Waals surface area contributed by atoms with Gasteiger partial charge in [-0.1, -0.05) is 32.9 Å². The van der Waals surface area contributed by atoms with E-state index in [2.05, 4.69) is 41.5 Å². The Labute approximate surface area is 136 Å². The zero-order valence-corrected chi connectivity index (χ0v) is 14.2. The lowest BCUT2D eigenvalue weighted by Gasteiger charge is -2.14. The standard InChI is InChI=1S/C17H23N5O/c1-17(2,3)15-10-14(19-20-15)16(23)21-18-11-12-6-8-13(9-7-12)22(4)5/h6-11H,1-5H3,(H,19,20)(H,21,23). The average Bonchev–Trinajstić information content (AvgIpc) is 2.97. The van der Waals surface area contributed by atoms with E-state index in [4.69, 9.17) is 0 Å². The highest BCUT2D eigenvalue weighted by atomic mass is 16.2. The van der Waals surface area contributed by atoms with Crippen molar-refractivity contribution in [3.8, 4) is 0 Å². The van der Waals surface area contributed by atoms with Gasteiger partial charge in [-0.15, -0.1) is 0 Å². The van der Waals surface area contributed by atoms with E-state index in [1.54, 1.807) is 12.3 Å². The predicted octanol–water partition coefficient (Wildman–Crippen LogP) is 2.54. The summed E-state index contributed by atoms with van der Waals surface area (Å²) in [6.07, 6.45) is 1.61. The van der Waals surface area contributed by atoms with Crippen molar-refractivity contribution in [3.63, 3.8) is 0 Å². The van der Waals surface area contributed by atoms with Crippen molar-refractivity contribution >= 4 is 17.8 Å². The van der Waals surface area contributed by atoms with Crippen molar-refractivity contribution in [1.29, 1.82) is 0 Å². The van der Waals surface area contributed by atoms with E-state index < -0.39 is 0 Å². The summed E-state index contributed by atoms with van der Waals surface area (Å²) in [5, 5.41) is 10.9. The zero-order valence-electron chi connectivity index (χ0n) is 14.2. The highest BCUT2D eigenvalue weighted by Gasteiger charge is 2.19. The van der Waals surface area contributed by atoms with Crippen LogP contribution in [0.1, 0.15) is 42.5 Å². The van der Waals surface area contributed by atoms with E-state index >= 15 is 0 Å². The number of anilines is 1. The van der Waals surface area contributed by atoms with Gasteiger partial charge in [-0.3, -0.25) is 9.89 Å². The van der Waals surface area contributed by atoms with Crippen LogP contribution in [0.15, 0.2) is 35.4 Å². The summed E-state index contributed by atoms with van der Waals surface area (Å²) >= 11 is 0. The summed E-state index contributed by atoms with van der Waals surface area (Å²) in [7, 11) is 3.97. The summed E-state index contributed by atoms with van der Waals surface area (Å²) in [5.41, 5.74) is 5.66. The van der Waals surface area contributed by atoms with Crippen molar-refractivity contribution in [1.82, 2.24) is 15.6 Å². The molecule has 0 fully saturated rings. The number of nitrogens with one attached hydrogen (secondary N) is 2. The first-order valence-electron chi connectivity index (χ1n) is 7.44. The third-order valence-electron chi connectivity index (χ3n) is 3.41. The highest BCUT2D eigenvalue weighted by Crippen LogP contribution is 2.20. The summed E-state index contributed by atoms with van der Waals surface area (Å²) in [4.78, 5) is 14.0. The van der Waals surface area contributed by atoms with Crippen LogP contribution in [0.5, 0.6) is 0 Å². The number of hydrogen-bond donors (Lipinski definition) is 2. The monoisotopic (exact) mass is 313 g/mol. The number of benzene rings is 1. The number of H-pyrrole nitrogens is 1. The smallest absolute Gasteiger partial charge is 0.291 e. The molecule has 0 atom stereocenters. The fourth-order valence-corrected chi connectivity index (χ4v) is 1.90. The lowest BCUT2D eigenvalue weighted by molar-refractivity contribution is 0.0950. The summed E-state index contributed by atoms with van der Waals surface area (Å²) in [6, 6.07) is 9.62. The fraction of sp³-hybridized carbons (Fsp3) is 0.353. The molecule has 2 N–H and O–H groups in total. The van der Waals surface area contributed by atoms with Crippen molar-refractivity contribution in [2.45, 2.75) is 26.2 Å². The molecule has 1 aromatic heterocycles. The minimum atomic E-state index is -0.335. The second-order valence-electron chi connectivity index (χ2n) is 6.60. The Balaban J connectivity index is 1.97. The molecule has 23 heavy (non-hydrogen) atoms. The topological polar surface area (TPSA) is 73.4 Å². The maximum atomic E-state index is 12.0. The summed E-state index contributed by atoms with van der Waals surface area (Å²) < 4.78 is 0. The third-order valence-corrected chi connectivity index (χ3v) is 3.41. The molecule has 6 heteroatoms. The zero-order chi connectivity index (χ0) is 17.0. The number of amides is 1. The number of aromatic nitrogens is 2. The van der Waals surface area contributed by atoms with Gasteiger partial charge in [0.25, 0.3) is 5.91 Å². The molecule has 6 nitrogen and oxygen atoms in total. The van der Waals surface area contributed by atoms with Crippen LogP contribution in [-0.2, 0) is 5.41 Å². The van der Waals surface area contributed by atoms with Crippen molar-refractivity contribution in [3.05, 3.63) is 47.3 Å². The molecule has 0 saturated heterocycles. The average molecular weight is 313 g/mol. The van der Waals surface area contributed by atoms with Gasteiger partial charge in [-0.2, -0.15) is 10.2 Å². The lowest BCUT2D eigenvalue weighted by Crippen LogP contribution is -2.18. The molecule has 0 bridgehead atoms. The van der Waals surface area contributed by atoms with E-state index in [9.17, 15) is 4.79 Å². The number of carbonyl (C=O) groups excluding carboxylic acids is 1. The first-order chi connectivity index (χ1) is 10.8. The van der Waals surface area contributed by atoms with Crippen LogP contribution >= 0.6 is 0 Å². The molecule has 0 aliphatic rings. The van der Waals surface area contributed by atoms with Crippen LogP contribution in [0.3, 0.4) is 0 Å². The molecule has 0 saturated carbocycles. The minimum absolute atomic E-state index is 0.0804. The Morgan fingerprint density at radius 3 is 2.43 bits per heavy atom. The Hall–Kier alpha value is -2.63. The molecule has 1 amide bonds. The van der Waals surface area contributed by atoms with E-state index in [1.165, 1.54) is 0 Å². The van der Waals surface area contributed by atoms with E-state index in [1.807, 2.05) is 43.3 Å². The second kappa shape index (κ2) is 6.64. The number of rotatable bonds is 4. The molecule has 0 aliphatic carbocycles. The van der Waals surface area contributed by atoms with Crippen LogP contribution in [0.4, 0.5) is 5.69 Å². The third kappa shape index (κ3) is 4.42. The van der Waals surface area contributed by atoms with Crippen LogP contribution in [0.2, 0.25) is 0 Å². The van der Waals surface area contributed by atoms with Crippen LogP contribution in [0, 0.1) is 0 Å². The van der Waals surface area contributed by atoms with Gasteiger partial charge in [-0.05, 0) is 23.8 Å². The lowest BCUT2D eigenvalue weighted by atomic mass is 9.92. The second-order valence-corrected chi connectivity index (χ2v) is 6.60. The Kier molecular flexibility index (Phi) is 4.83. The summed E-state index contributed by atoms with van der Waals surface area (Å²) in [6.45, 7) is 6.16. The van der Waals surface area contributed by atoms with Crippen LogP contribution in [-0.4, -0.2) is 36.4 Å². The fourth-order valence-electron chi connectivity index (χ4n) is 1.90. The molecular weight excluding hydrogens is 290 g/mol. The minimum Gasteiger partial charge on any atom is -0.378 e. The first kappa shape index (κ1) is 16.7. The molecule has 122 valence electrons. The Bertz CT molecular complexity index is 693. The van der Waals surface area contributed by atoms with Crippen molar-refractivity contribution in [2.75, 3.05) is 19.0 Å². The molecule has 0 aliphatic heterocycles. The molecule has 0 radical (unpaired) electrons. The van der Waals surface area contributed by atoms with Gasteiger partial charge in [0, 0.05) is 30.9 Å². The normalized spacial score (nSPS) is 11.7. The number of nitrogens with zero attached hydrogens (tertiary/aromatic N) is 3. The van der Waals surface area contributed by atoms with Gasteiger partial charge in [0.05, 0.1) is 6.21 Å². The van der Waals surface area contributed by atoms with Gasteiger partial charge < -0.3 is 4.90 Å². The molecule has 2 rings (SSSR count). The van der Waals surface area contributed by atoms with E-state index in [-0.39, 0.29) is 11.3 Å². The van der Waals surface area contributed by atoms with Gasteiger partial charge in [-0.25, -0.2) is 5.43 Å². The van der Waals surface area contributed by atoms with E-state index in [0.29, 0.717) is 5.69 Å². The predicted molar refractivity (Wildman–Crippen MR) is 93.1 cm³/mol. The number of aromatic amines is 1. The van der Waals surface area contributed by atoms with Gasteiger partial charge in [0.1, 0.15) is 0 Å². The van der Waals surface area contributed by atoms with E-state index in [0.717, 1.165) is 16.9 Å². The quantitative estimate of drug-likeness (QED) is 0.673. The Morgan fingerprint density at radius 2 is 1.91 bits per heavy atom. The maximum absolute atomic E-state index is 12.0. The number of carbonyl (C=O) groups is 1. The molecule has 1 aromatic carbocycles. The molecular formula is C17H23N5O. The van der Waals surface area contributed by atoms with Crippen LogP contribution in [0.25, 0.3) is 0 Å². The number of hydrogen-bond acceptors (Lipinski definition) is 4. The Morgan fingerprint density at radius 1 is 1.26 bits per heavy atom. The van der Waals surface area contributed by atoms with Crippen LogP contribution < -0.4 is 10.3 Å². The SMILES string of the molecule is CN(C)c1ccc(C=NNC(=O)c2cc(C(C)(C)C)[nH]n2)cc1. The number of hydrazone groups is 1. The summed E-state index contributed by atoms with van der Waals surface area (Å²) in [5.74, 6) is -0.335. The molecule has 1 heterocycles. The molecule has 2 aromatic rings. The molecule has 0 unspecified atom stereocenters. The highest BCUT2D eigenvalue weighted by molar-refractivity contribution is 5.93. The van der Waals surface area contributed by atoms with Gasteiger partial charge >= 0.3 is 0 Å². The van der Waals surface area contributed by atoms with Crippen molar-refractivity contribution < 1.29 is 4.79 Å². The van der Waals surface area contributed by atoms with Gasteiger partial charge in [0.15, 0.2) is 5.69 Å².